The lowest BCUT2D eigenvalue weighted by atomic mass is 10.0. The van der Waals surface area contributed by atoms with Gasteiger partial charge >= 0.3 is 5.69 Å². The summed E-state index contributed by atoms with van der Waals surface area (Å²) in [6.07, 6.45) is 2.38. The maximum Gasteiger partial charge on any atom is 0.326 e. The maximum absolute atomic E-state index is 13.6. The van der Waals surface area contributed by atoms with E-state index in [1.165, 1.54) is 25.0 Å². The molecule has 0 bridgehead atoms. The van der Waals surface area contributed by atoms with Gasteiger partial charge in [0.2, 0.25) is 0 Å². The summed E-state index contributed by atoms with van der Waals surface area (Å²) in [5.41, 5.74) is 3.05. The lowest BCUT2D eigenvalue weighted by Gasteiger charge is -2.09. The first-order valence-electron chi connectivity index (χ1n) is 7.72. The Labute approximate surface area is 132 Å². The second kappa shape index (κ2) is 5.26. The topological polar surface area (TPSA) is 47.0 Å². The van der Waals surface area contributed by atoms with Gasteiger partial charge in [-0.05, 0) is 54.7 Å². The molecule has 0 amide bonds. The average molecular weight is 312 g/mol. The summed E-state index contributed by atoms with van der Waals surface area (Å²) in [5, 5.41) is 0. The fraction of sp³-hybridized carbons (Fsp3) is 0.278. The van der Waals surface area contributed by atoms with Crippen molar-refractivity contribution in [3.8, 4) is 16.9 Å². The van der Waals surface area contributed by atoms with Crippen LogP contribution in [0.1, 0.15) is 12.8 Å². The highest BCUT2D eigenvalue weighted by molar-refractivity contribution is 5.83. The molecule has 23 heavy (non-hydrogen) atoms. The van der Waals surface area contributed by atoms with Gasteiger partial charge < -0.3 is 9.72 Å². The summed E-state index contributed by atoms with van der Waals surface area (Å²) in [6.45, 7) is 0.765. The predicted molar refractivity (Wildman–Crippen MR) is 87.2 cm³/mol. The molecule has 1 fully saturated rings. The molecule has 3 aromatic rings. The molecule has 2 aromatic carbocycles. The Morgan fingerprint density at radius 2 is 2.09 bits per heavy atom. The molecule has 4 nitrogen and oxygen atoms in total. The van der Waals surface area contributed by atoms with Crippen LogP contribution in [0, 0.1) is 11.7 Å². The molecular weight excluding hydrogens is 295 g/mol. The molecule has 0 unspecified atom stereocenters. The quantitative estimate of drug-likeness (QED) is 0.801. The lowest BCUT2D eigenvalue weighted by molar-refractivity contribution is 0.415. The van der Waals surface area contributed by atoms with E-state index in [1.54, 1.807) is 17.7 Å². The van der Waals surface area contributed by atoms with Crippen LogP contribution >= 0.6 is 0 Å². The van der Waals surface area contributed by atoms with E-state index in [1.807, 2.05) is 18.2 Å². The molecule has 0 aliphatic heterocycles. The zero-order chi connectivity index (χ0) is 16.0. The van der Waals surface area contributed by atoms with Gasteiger partial charge in [0.1, 0.15) is 11.6 Å². The van der Waals surface area contributed by atoms with Crippen LogP contribution in [0.4, 0.5) is 4.39 Å². The zero-order valence-electron chi connectivity index (χ0n) is 12.8. The summed E-state index contributed by atoms with van der Waals surface area (Å²) < 4.78 is 20.7. The molecule has 1 N–H and O–H groups in total. The number of nitrogens with one attached hydrogen (secondary N) is 1. The number of aromatic nitrogens is 2. The van der Waals surface area contributed by atoms with Crippen LogP contribution in [0.2, 0.25) is 0 Å². The van der Waals surface area contributed by atoms with Crippen molar-refractivity contribution in [3.05, 3.63) is 52.7 Å². The summed E-state index contributed by atoms with van der Waals surface area (Å²) in [6, 6.07) is 10.1. The van der Waals surface area contributed by atoms with Crippen LogP contribution in [-0.2, 0) is 6.54 Å². The van der Waals surface area contributed by atoms with E-state index in [9.17, 15) is 9.18 Å². The minimum atomic E-state index is -0.319. The van der Waals surface area contributed by atoms with Crippen LogP contribution in [-0.4, -0.2) is 16.7 Å². The Hall–Kier alpha value is -2.56. The standard InChI is InChI=1S/C18H17FN2O2/c1-23-17-7-5-13(19)9-14(17)12-4-6-16-15(8-12)20-18(22)21(16)10-11-2-3-11/h4-9,11H,2-3,10H2,1H3,(H,20,22). The van der Waals surface area contributed by atoms with Gasteiger partial charge in [0.05, 0.1) is 18.1 Å². The predicted octanol–water partition coefficient (Wildman–Crippen LogP) is 3.55. The third kappa shape index (κ3) is 2.52. The summed E-state index contributed by atoms with van der Waals surface area (Å²) in [7, 11) is 1.56. The number of H-pyrrole nitrogens is 1. The zero-order valence-corrected chi connectivity index (χ0v) is 12.8. The van der Waals surface area contributed by atoms with Crippen molar-refractivity contribution >= 4 is 11.0 Å². The molecule has 1 heterocycles. The first kappa shape index (κ1) is 14.1. The number of aromatic amines is 1. The highest BCUT2D eigenvalue weighted by atomic mass is 19.1. The molecule has 118 valence electrons. The Morgan fingerprint density at radius 1 is 1.26 bits per heavy atom. The van der Waals surface area contributed by atoms with Gasteiger partial charge in [-0.2, -0.15) is 0 Å². The number of hydrogen-bond donors (Lipinski definition) is 1. The molecule has 0 saturated heterocycles. The van der Waals surface area contributed by atoms with Crippen molar-refractivity contribution < 1.29 is 9.13 Å². The fourth-order valence-corrected chi connectivity index (χ4v) is 2.98. The molecule has 1 aromatic heterocycles. The smallest absolute Gasteiger partial charge is 0.326 e. The molecular formula is C18H17FN2O2. The van der Waals surface area contributed by atoms with Crippen molar-refractivity contribution in [2.24, 2.45) is 5.92 Å². The Kier molecular flexibility index (Phi) is 3.22. The van der Waals surface area contributed by atoms with Crippen molar-refractivity contribution in [2.45, 2.75) is 19.4 Å². The third-order valence-corrected chi connectivity index (χ3v) is 4.38. The average Bonchev–Trinajstić information content (AvgIpc) is 3.31. The van der Waals surface area contributed by atoms with Gasteiger partial charge in [-0.25, -0.2) is 9.18 Å². The van der Waals surface area contributed by atoms with Crippen molar-refractivity contribution in [2.75, 3.05) is 7.11 Å². The number of fused-ring (bicyclic) bond motifs is 1. The Morgan fingerprint density at radius 3 is 2.83 bits per heavy atom. The minimum Gasteiger partial charge on any atom is -0.496 e. The summed E-state index contributed by atoms with van der Waals surface area (Å²) in [4.78, 5) is 15.0. The highest BCUT2D eigenvalue weighted by Gasteiger charge is 2.23. The van der Waals surface area contributed by atoms with Crippen molar-refractivity contribution in [1.82, 2.24) is 9.55 Å². The second-order valence-corrected chi connectivity index (χ2v) is 6.06. The second-order valence-electron chi connectivity index (χ2n) is 6.06. The van der Waals surface area contributed by atoms with Crippen LogP contribution in [0.5, 0.6) is 5.75 Å². The minimum absolute atomic E-state index is 0.0877. The number of ether oxygens (including phenoxy) is 1. The van der Waals surface area contributed by atoms with E-state index >= 15 is 0 Å². The largest absolute Gasteiger partial charge is 0.496 e. The number of hydrogen-bond acceptors (Lipinski definition) is 2. The summed E-state index contributed by atoms with van der Waals surface area (Å²) in [5.74, 6) is 0.904. The third-order valence-electron chi connectivity index (χ3n) is 4.38. The number of nitrogens with zero attached hydrogens (tertiary/aromatic N) is 1. The van der Waals surface area contributed by atoms with Gasteiger partial charge in [0.15, 0.2) is 0 Å². The first-order chi connectivity index (χ1) is 11.2. The SMILES string of the molecule is COc1ccc(F)cc1-c1ccc2c(c1)[nH]c(=O)n2CC1CC1. The van der Waals surface area contributed by atoms with Crippen LogP contribution in [0.25, 0.3) is 22.2 Å². The number of methoxy groups -OCH3 is 1. The molecule has 1 saturated carbocycles. The van der Waals surface area contributed by atoms with E-state index < -0.39 is 0 Å². The van der Waals surface area contributed by atoms with E-state index in [2.05, 4.69) is 4.98 Å². The van der Waals surface area contributed by atoms with Crippen LogP contribution in [0.3, 0.4) is 0 Å². The summed E-state index contributed by atoms with van der Waals surface area (Å²) >= 11 is 0. The van der Waals surface area contributed by atoms with Gasteiger partial charge in [-0.1, -0.05) is 6.07 Å². The normalized spacial score (nSPS) is 14.3. The molecule has 1 aliphatic carbocycles. The monoisotopic (exact) mass is 312 g/mol. The molecule has 0 spiro atoms. The van der Waals surface area contributed by atoms with Gasteiger partial charge in [0.25, 0.3) is 0 Å². The number of imidazole rings is 1. The molecule has 4 rings (SSSR count). The van der Waals surface area contributed by atoms with E-state index in [0.29, 0.717) is 17.2 Å². The Bertz CT molecular complexity index is 938. The van der Waals surface area contributed by atoms with Crippen LogP contribution < -0.4 is 10.4 Å². The highest BCUT2D eigenvalue weighted by Crippen LogP contribution is 2.33. The first-order valence-corrected chi connectivity index (χ1v) is 7.72. The fourth-order valence-electron chi connectivity index (χ4n) is 2.98. The van der Waals surface area contributed by atoms with E-state index in [-0.39, 0.29) is 11.5 Å². The molecule has 0 atom stereocenters. The lowest BCUT2D eigenvalue weighted by Crippen LogP contribution is -2.17. The number of benzene rings is 2. The van der Waals surface area contributed by atoms with Gasteiger partial charge in [-0.15, -0.1) is 0 Å². The molecule has 0 radical (unpaired) electrons. The maximum atomic E-state index is 13.6. The molecule has 5 heteroatoms. The van der Waals surface area contributed by atoms with Crippen molar-refractivity contribution in [1.29, 1.82) is 0 Å². The van der Waals surface area contributed by atoms with Gasteiger partial charge in [-0.3, -0.25) is 4.57 Å². The number of halogens is 1. The van der Waals surface area contributed by atoms with Gasteiger partial charge in [0, 0.05) is 12.1 Å². The Balaban J connectivity index is 1.83. The van der Waals surface area contributed by atoms with Crippen LogP contribution in [0.15, 0.2) is 41.2 Å². The number of rotatable bonds is 4. The molecule has 1 aliphatic rings. The van der Waals surface area contributed by atoms with E-state index in [0.717, 1.165) is 23.1 Å². The van der Waals surface area contributed by atoms with E-state index in [4.69, 9.17) is 4.74 Å². The van der Waals surface area contributed by atoms with Crippen molar-refractivity contribution in [3.63, 3.8) is 0 Å².